The van der Waals surface area contributed by atoms with Crippen molar-refractivity contribution in [2.24, 2.45) is 0 Å². The van der Waals surface area contributed by atoms with Gasteiger partial charge in [-0.25, -0.2) is 13.4 Å². The van der Waals surface area contributed by atoms with Crippen molar-refractivity contribution in [3.8, 4) is 0 Å². The topological polar surface area (TPSA) is 50.3 Å². The lowest BCUT2D eigenvalue weighted by Crippen LogP contribution is -2.48. The Labute approximate surface area is 162 Å². The standard InChI is InChI=1S/C18H22BrClN2O2S/c1-3-10-22(18(2)8-4-5-9-18)25(23,24)13-6-7-14-15(11-13)17(20)21-12-16(14)19/h6-7,11-12H,3-5,8-10H2,1-2H3. The van der Waals surface area contributed by atoms with Crippen molar-refractivity contribution in [1.29, 1.82) is 0 Å². The van der Waals surface area contributed by atoms with Crippen molar-refractivity contribution in [1.82, 2.24) is 9.29 Å². The first-order valence-corrected chi connectivity index (χ1v) is 11.2. The van der Waals surface area contributed by atoms with E-state index in [1.54, 1.807) is 28.7 Å². The molecule has 1 aromatic heterocycles. The fraction of sp³-hybridized carbons (Fsp3) is 0.500. The van der Waals surface area contributed by atoms with Gasteiger partial charge in [-0.2, -0.15) is 4.31 Å². The van der Waals surface area contributed by atoms with Gasteiger partial charge in [0.15, 0.2) is 0 Å². The highest BCUT2D eigenvalue weighted by Gasteiger charge is 2.41. The molecule has 25 heavy (non-hydrogen) atoms. The summed E-state index contributed by atoms with van der Waals surface area (Å²) in [7, 11) is -3.59. The molecule has 1 aliphatic carbocycles. The van der Waals surface area contributed by atoms with Gasteiger partial charge in [0, 0.05) is 33.5 Å². The third-order valence-electron chi connectivity index (χ3n) is 5.06. The van der Waals surface area contributed by atoms with Crippen molar-refractivity contribution in [2.45, 2.75) is 56.4 Å². The zero-order valence-electron chi connectivity index (χ0n) is 14.4. The zero-order chi connectivity index (χ0) is 18.2. The van der Waals surface area contributed by atoms with E-state index >= 15 is 0 Å². The highest BCUT2D eigenvalue weighted by atomic mass is 79.9. The number of pyridine rings is 1. The van der Waals surface area contributed by atoms with Crippen LogP contribution in [0.4, 0.5) is 0 Å². The highest BCUT2D eigenvalue weighted by Crippen LogP contribution is 2.39. The smallest absolute Gasteiger partial charge is 0.243 e. The minimum absolute atomic E-state index is 0.281. The highest BCUT2D eigenvalue weighted by molar-refractivity contribution is 9.10. The summed E-state index contributed by atoms with van der Waals surface area (Å²) in [6.07, 6.45) is 6.39. The summed E-state index contributed by atoms with van der Waals surface area (Å²) in [6, 6.07) is 5.10. The Bertz CT molecular complexity index is 895. The van der Waals surface area contributed by atoms with Crippen LogP contribution in [0.15, 0.2) is 33.8 Å². The van der Waals surface area contributed by atoms with Crippen LogP contribution in [-0.4, -0.2) is 29.8 Å². The number of aromatic nitrogens is 1. The molecule has 0 spiro atoms. The van der Waals surface area contributed by atoms with Gasteiger partial charge in [-0.05, 0) is 54.2 Å². The van der Waals surface area contributed by atoms with E-state index in [1.165, 1.54) is 0 Å². The summed E-state index contributed by atoms with van der Waals surface area (Å²) in [5.74, 6) is 0. The molecule has 1 heterocycles. The van der Waals surface area contributed by atoms with Gasteiger partial charge in [0.25, 0.3) is 0 Å². The van der Waals surface area contributed by atoms with Gasteiger partial charge in [-0.15, -0.1) is 0 Å². The van der Waals surface area contributed by atoms with E-state index in [1.807, 2.05) is 6.92 Å². The molecule has 0 bridgehead atoms. The summed E-state index contributed by atoms with van der Waals surface area (Å²) < 4.78 is 29.3. The Morgan fingerprint density at radius 2 is 1.96 bits per heavy atom. The number of hydrogen-bond acceptors (Lipinski definition) is 3. The number of sulfonamides is 1. The molecular weight excluding hydrogens is 424 g/mol. The van der Waals surface area contributed by atoms with Crippen LogP contribution in [0.1, 0.15) is 46.0 Å². The first kappa shape index (κ1) is 19.1. The maximum absolute atomic E-state index is 13.4. The molecule has 1 aromatic carbocycles. The first-order valence-electron chi connectivity index (χ1n) is 8.56. The molecule has 0 saturated heterocycles. The molecule has 1 aliphatic rings. The second kappa shape index (κ2) is 7.14. The van der Waals surface area contributed by atoms with Gasteiger partial charge in [0.1, 0.15) is 5.15 Å². The van der Waals surface area contributed by atoms with Gasteiger partial charge in [0.2, 0.25) is 10.0 Å². The Morgan fingerprint density at radius 3 is 2.60 bits per heavy atom. The van der Waals surface area contributed by atoms with Crippen LogP contribution in [0.2, 0.25) is 5.15 Å². The molecule has 0 atom stereocenters. The third kappa shape index (κ3) is 3.46. The van der Waals surface area contributed by atoms with Gasteiger partial charge in [-0.3, -0.25) is 0 Å². The minimum Gasteiger partial charge on any atom is -0.243 e. The van der Waals surface area contributed by atoms with Crippen molar-refractivity contribution in [2.75, 3.05) is 6.54 Å². The van der Waals surface area contributed by atoms with Crippen LogP contribution in [0, 0.1) is 0 Å². The Morgan fingerprint density at radius 1 is 1.28 bits per heavy atom. The SMILES string of the molecule is CCCN(C1(C)CCCC1)S(=O)(=O)c1ccc2c(Br)cnc(Cl)c2c1. The van der Waals surface area contributed by atoms with E-state index < -0.39 is 10.0 Å². The number of fused-ring (bicyclic) bond motifs is 1. The van der Waals surface area contributed by atoms with Crippen LogP contribution in [0.5, 0.6) is 0 Å². The fourth-order valence-corrected chi connectivity index (χ4v) is 6.31. The summed E-state index contributed by atoms with van der Waals surface area (Å²) in [4.78, 5) is 4.39. The quantitative estimate of drug-likeness (QED) is 0.580. The molecule has 1 saturated carbocycles. The number of hydrogen-bond donors (Lipinski definition) is 0. The average Bonchev–Trinajstić information content (AvgIpc) is 3.03. The van der Waals surface area contributed by atoms with E-state index in [0.29, 0.717) is 17.1 Å². The monoisotopic (exact) mass is 444 g/mol. The number of rotatable bonds is 5. The van der Waals surface area contributed by atoms with Crippen molar-refractivity contribution in [3.63, 3.8) is 0 Å². The molecule has 2 aromatic rings. The molecule has 7 heteroatoms. The largest absolute Gasteiger partial charge is 0.243 e. The summed E-state index contributed by atoms with van der Waals surface area (Å²) >= 11 is 9.65. The van der Waals surface area contributed by atoms with Crippen LogP contribution < -0.4 is 0 Å². The van der Waals surface area contributed by atoms with Crippen LogP contribution in [-0.2, 0) is 10.0 Å². The fourth-order valence-electron chi connectivity index (χ4n) is 3.71. The van der Waals surface area contributed by atoms with Crippen molar-refractivity contribution >= 4 is 48.3 Å². The van der Waals surface area contributed by atoms with Gasteiger partial charge < -0.3 is 0 Å². The second-order valence-corrected chi connectivity index (χ2v) is 9.96. The van der Waals surface area contributed by atoms with Crippen LogP contribution in [0.3, 0.4) is 0 Å². The van der Waals surface area contributed by atoms with E-state index in [9.17, 15) is 8.42 Å². The van der Waals surface area contributed by atoms with E-state index in [-0.39, 0.29) is 10.4 Å². The molecule has 0 aliphatic heterocycles. The lowest BCUT2D eigenvalue weighted by molar-refractivity contribution is 0.211. The predicted octanol–water partition coefficient (Wildman–Crippen LogP) is 5.38. The maximum Gasteiger partial charge on any atom is 0.243 e. The predicted molar refractivity (Wildman–Crippen MR) is 106 cm³/mol. The lowest BCUT2D eigenvalue weighted by Gasteiger charge is -2.37. The third-order valence-corrected chi connectivity index (χ3v) is 8.05. The summed E-state index contributed by atoms with van der Waals surface area (Å²) in [5.41, 5.74) is -0.302. The average molecular weight is 446 g/mol. The molecule has 0 unspecified atom stereocenters. The van der Waals surface area contributed by atoms with Crippen LogP contribution in [0.25, 0.3) is 10.8 Å². The van der Waals surface area contributed by atoms with E-state index in [0.717, 1.165) is 42.0 Å². The van der Waals surface area contributed by atoms with Crippen LogP contribution >= 0.6 is 27.5 Å². The zero-order valence-corrected chi connectivity index (χ0v) is 17.6. The molecule has 3 rings (SSSR count). The van der Waals surface area contributed by atoms with Gasteiger partial charge in [-0.1, -0.05) is 37.4 Å². The molecule has 4 nitrogen and oxygen atoms in total. The van der Waals surface area contributed by atoms with E-state index in [2.05, 4.69) is 27.8 Å². The number of halogens is 2. The number of nitrogens with zero attached hydrogens (tertiary/aromatic N) is 2. The van der Waals surface area contributed by atoms with E-state index in [4.69, 9.17) is 11.6 Å². The van der Waals surface area contributed by atoms with Gasteiger partial charge >= 0.3 is 0 Å². The Hall–Kier alpha value is -0.690. The Kier molecular flexibility index (Phi) is 5.45. The summed E-state index contributed by atoms with van der Waals surface area (Å²) in [5, 5.41) is 1.81. The number of benzene rings is 1. The summed E-state index contributed by atoms with van der Waals surface area (Å²) in [6.45, 7) is 4.61. The maximum atomic E-state index is 13.4. The molecule has 0 N–H and O–H groups in total. The molecule has 1 fully saturated rings. The molecule has 0 radical (unpaired) electrons. The molecular formula is C18H22BrClN2O2S. The Balaban J connectivity index is 2.12. The molecule has 136 valence electrons. The van der Waals surface area contributed by atoms with Crippen molar-refractivity contribution < 1.29 is 8.42 Å². The first-order chi connectivity index (χ1) is 11.8. The molecule has 0 amide bonds. The minimum atomic E-state index is -3.59. The van der Waals surface area contributed by atoms with Gasteiger partial charge in [0.05, 0.1) is 4.90 Å². The lowest BCUT2D eigenvalue weighted by atomic mass is 10.0. The normalized spacial score (nSPS) is 17.5. The second-order valence-electron chi connectivity index (χ2n) is 6.89. The van der Waals surface area contributed by atoms with Crippen molar-refractivity contribution in [3.05, 3.63) is 34.0 Å².